The largest absolute Gasteiger partial charge is 0.456 e. The van der Waals surface area contributed by atoms with Crippen LogP contribution in [0, 0.1) is 0 Å². The van der Waals surface area contributed by atoms with Crippen molar-refractivity contribution in [3.05, 3.63) is 194 Å². The van der Waals surface area contributed by atoms with Gasteiger partial charge in [0.2, 0.25) is 0 Å². The number of furan rings is 1. The fourth-order valence-corrected chi connectivity index (χ4v) is 8.49. The van der Waals surface area contributed by atoms with Gasteiger partial charge in [-0.1, -0.05) is 152 Å². The van der Waals surface area contributed by atoms with E-state index in [1.165, 1.54) is 43.8 Å². The molecule has 0 spiro atoms. The summed E-state index contributed by atoms with van der Waals surface area (Å²) in [6.45, 7) is 0. The molecule has 0 bridgehead atoms. The fraction of sp³-hybridized carbons (Fsp3) is 0. The second-order valence-electron chi connectivity index (χ2n) is 13.8. The summed E-state index contributed by atoms with van der Waals surface area (Å²) in [4.78, 5) is 5.33. The zero-order valence-corrected chi connectivity index (χ0v) is 29.3. The van der Waals surface area contributed by atoms with E-state index in [1.54, 1.807) is 0 Å². The van der Waals surface area contributed by atoms with E-state index >= 15 is 0 Å². The van der Waals surface area contributed by atoms with Gasteiger partial charge < -0.3 is 4.42 Å². The molecule has 9 aromatic carbocycles. The third kappa shape index (κ3) is 4.65. The van der Waals surface area contributed by atoms with Gasteiger partial charge in [0.05, 0.1) is 11.0 Å². The molecule has 0 aliphatic carbocycles. The van der Waals surface area contributed by atoms with Gasteiger partial charge in [-0.2, -0.15) is 0 Å². The van der Waals surface area contributed by atoms with Crippen molar-refractivity contribution in [1.82, 2.24) is 9.55 Å². The zero-order chi connectivity index (χ0) is 35.6. The molecule has 3 nitrogen and oxygen atoms in total. The molecule has 11 rings (SSSR count). The molecule has 0 atom stereocenters. The van der Waals surface area contributed by atoms with Crippen LogP contribution in [0.1, 0.15) is 0 Å². The molecule has 54 heavy (non-hydrogen) atoms. The number of rotatable bonds is 5. The van der Waals surface area contributed by atoms with Crippen LogP contribution < -0.4 is 0 Å². The van der Waals surface area contributed by atoms with Gasteiger partial charge in [-0.25, -0.2) is 4.98 Å². The Labute approximate surface area is 312 Å². The molecule has 0 amide bonds. The van der Waals surface area contributed by atoms with Gasteiger partial charge >= 0.3 is 0 Å². The zero-order valence-electron chi connectivity index (χ0n) is 29.3. The predicted molar refractivity (Wildman–Crippen MR) is 225 cm³/mol. The molecule has 0 unspecified atom stereocenters. The van der Waals surface area contributed by atoms with Gasteiger partial charge in [0.25, 0.3) is 0 Å². The van der Waals surface area contributed by atoms with Gasteiger partial charge in [-0.15, -0.1) is 0 Å². The molecule has 0 fully saturated rings. The maximum atomic E-state index is 6.45. The number of benzene rings is 9. The molecule has 0 aliphatic rings. The molecule has 2 heterocycles. The van der Waals surface area contributed by atoms with Crippen molar-refractivity contribution < 1.29 is 4.42 Å². The highest BCUT2D eigenvalue weighted by Gasteiger charge is 2.24. The summed E-state index contributed by atoms with van der Waals surface area (Å²) in [7, 11) is 0. The molecule has 11 aromatic rings. The quantitative estimate of drug-likeness (QED) is 0.169. The highest BCUT2D eigenvalue weighted by Crippen LogP contribution is 2.49. The minimum Gasteiger partial charge on any atom is -0.456 e. The molecule has 0 saturated heterocycles. The van der Waals surface area contributed by atoms with Crippen LogP contribution in [0.4, 0.5) is 0 Å². The average molecular weight is 689 g/mol. The second kappa shape index (κ2) is 12.2. The average Bonchev–Trinajstić information content (AvgIpc) is 3.82. The summed E-state index contributed by atoms with van der Waals surface area (Å²) in [6, 6.07) is 69.1. The van der Waals surface area contributed by atoms with E-state index in [1.807, 2.05) is 6.07 Å². The van der Waals surface area contributed by atoms with Crippen LogP contribution in [0.3, 0.4) is 0 Å². The lowest BCUT2D eigenvalue weighted by Crippen LogP contribution is -1.99. The smallest absolute Gasteiger partial charge is 0.146 e. The van der Waals surface area contributed by atoms with Crippen molar-refractivity contribution in [3.8, 4) is 50.5 Å². The van der Waals surface area contributed by atoms with Crippen LogP contribution in [0.5, 0.6) is 0 Å². The first-order valence-corrected chi connectivity index (χ1v) is 18.4. The summed E-state index contributed by atoms with van der Waals surface area (Å²) in [6.07, 6.45) is 0. The topological polar surface area (TPSA) is 31.0 Å². The number of hydrogen-bond acceptors (Lipinski definition) is 2. The van der Waals surface area contributed by atoms with Crippen LogP contribution in [0.2, 0.25) is 0 Å². The highest BCUT2D eigenvalue weighted by molar-refractivity contribution is 6.26. The van der Waals surface area contributed by atoms with E-state index in [0.717, 1.165) is 61.2 Å². The molecule has 0 aliphatic heterocycles. The number of nitrogens with zero attached hydrogens (tertiary/aromatic N) is 2. The summed E-state index contributed by atoms with van der Waals surface area (Å²) in [5, 5.41) is 7.00. The van der Waals surface area contributed by atoms with E-state index in [9.17, 15) is 0 Å². The predicted octanol–water partition coefficient (Wildman–Crippen LogP) is 13.9. The van der Waals surface area contributed by atoms with E-state index in [-0.39, 0.29) is 0 Å². The number of para-hydroxylation sites is 4. The van der Waals surface area contributed by atoms with E-state index < -0.39 is 0 Å². The molecule has 3 heteroatoms. The van der Waals surface area contributed by atoms with Crippen LogP contribution in [0.25, 0.3) is 105 Å². The Balaban J connectivity index is 1.28. The lowest BCUT2D eigenvalue weighted by atomic mass is 9.83. The van der Waals surface area contributed by atoms with Crippen molar-refractivity contribution >= 4 is 54.5 Å². The lowest BCUT2D eigenvalue weighted by molar-refractivity contribution is 0.669. The van der Waals surface area contributed by atoms with E-state index in [2.05, 4.69) is 193 Å². The summed E-state index contributed by atoms with van der Waals surface area (Å²) < 4.78 is 8.75. The SMILES string of the molecule is c1ccc(-c2ccc3c(-c4ccccc4-c4nc5ccccc5n4-c4ccccc4)c4ccccc4c(-c4cccc5oc6ccccc6c45)c3c2)cc1. The summed E-state index contributed by atoms with van der Waals surface area (Å²) in [5.74, 6) is 0.912. The number of fused-ring (bicyclic) bond motifs is 6. The molecule has 0 saturated carbocycles. The van der Waals surface area contributed by atoms with Crippen LogP contribution in [-0.2, 0) is 0 Å². The molecule has 0 N–H and O–H groups in total. The van der Waals surface area contributed by atoms with Crippen molar-refractivity contribution in [3.63, 3.8) is 0 Å². The Hall–Kier alpha value is -7.23. The fourth-order valence-electron chi connectivity index (χ4n) is 8.49. The van der Waals surface area contributed by atoms with E-state index in [4.69, 9.17) is 9.40 Å². The minimum absolute atomic E-state index is 0.888. The lowest BCUT2D eigenvalue weighted by Gasteiger charge is -2.21. The van der Waals surface area contributed by atoms with Gasteiger partial charge in [0.15, 0.2) is 0 Å². The number of aromatic nitrogens is 2. The van der Waals surface area contributed by atoms with Crippen molar-refractivity contribution in [1.29, 1.82) is 0 Å². The van der Waals surface area contributed by atoms with Gasteiger partial charge in [-0.05, 0) is 97.4 Å². The monoisotopic (exact) mass is 688 g/mol. The molecule has 252 valence electrons. The Morgan fingerprint density at radius 1 is 0.389 bits per heavy atom. The Morgan fingerprint density at radius 3 is 1.80 bits per heavy atom. The summed E-state index contributed by atoms with van der Waals surface area (Å²) in [5.41, 5.74) is 13.0. The highest BCUT2D eigenvalue weighted by atomic mass is 16.3. The first-order valence-electron chi connectivity index (χ1n) is 18.4. The van der Waals surface area contributed by atoms with Gasteiger partial charge in [0, 0.05) is 22.0 Å². The van der Waals surface area contributed by atoms with Crippen molar-refractivity contribution in [2.45, 2.75) is 0 Å². The minimum atomic E-state index is 0.888. The van der Waals surface area contributed by atoms with Crippen molar-refractivity contribution in [2.24, 2.45) is 0 Å². The first-order chi connectivity index (χ1) is 26.8. The Kier molecular flexibility index (Phi) is 6.86. The number of imidazole rings is 1. The standard InChI is InChI=1S/C51H32N2O/c1-3-16-33(17-4-1)34-30-31-39-43(32-34)49(42-25-15-29-47-50(42)41-24-11-14-28-46(41)54-47)37-21-8-7-20-36(37)48(39)38-22-9-10-23-40(38)51-52-44-26-12-13-27-45(44)53(51)35-18-5-2-6-19-35/h1-32H. The number of hydrogen-bond donors (Lipinski definition) is 0. The normalized spacial score (nSPS) is 11.7. The Bertz CT molecular complexity index is 3210. The first kappa shape index (κ1) is 30.4. The van der Waals surface area contributed by atoms with Crippen LogP contribution >= 0.6 is 0 Å². The maximum absolute atomic E-state index is 6.45. The van der Waals surface area contributed by atoms with Gasteiger partial charge in [-0.3, -0.25) is 4.57 Å². The molecule has 2 aromatic heterocycles. The molecular weight excluding hydrogens is 657 g/mol. The second-order valence-corrected chi connectivity index (χ2v) is 13.8. The van der Waals surface area contributed by atoms with E-state index in [0.29, 0.717) is 0 Å². The van der Waals surface area contributed by atoms with Crippen LogP contribution in [-0.4, -0.2) is 9.55 Å². The third-order valence-electron chi connectivity index (χ3n) is 10.8. The van der Waals surface area contributed by atoms with Crippen molar-refractivity contribution in [2.75, 3.05) is 0 Å². The summed E-state index contributed by atoms with van der Waals surface area (Å²) >= 11 is 0. The Morgan fingerprint density at radius 2 is 0.981 bits per heavy atom. The maximum Gasteiger partial charge on any atom is 0.146 e. The van der Waals surface area contributed by atoms with Crippen LogP contribution in [0.15, 0.2) is 199 Å². The van der Waals surface area contributed by atoms with Gasteiger partial charge in [0.1, 0.15) is 17.0 Å². The molecular formula is C51H32N2O. The third-order valence-corrected chi connectivity index (χ3v) is 10.8. The molecule has 0 radical (unpaired) electrons.